The first kappa shape index (κ1) is 18.8. The Morgan fingerprint density at radius 2 is 1.90 bits per heavy atom. The average molecular weight is 284 g/mol. The molecule has 20 heavy (non-hydrogen) atoms. The molecule has 0 radical (unpaired) electrons. The Morgan fingerprint density at radius 1 is 1.15 bits per heavy atom. The summed E-state index contributed by atoms with van der Waals surface area (Å²) < 4.78 is 10.4. The van der Waals surface area contributed by atoms with Crippen LogP contribution in [0.4, 0.5) is 0 Å². The van der Waals surface area contributed by atoms with Crippen molar-refractivity contribution in [2.45, 2.75) is 64.4 Å². The van der Waals surface area contributed by atoms with E-state index in [9.17, 15) is 9.59 Å². The number of ether oxygens (including phenoxy) is 2. The highest BCUT2D eigenvalue weighted by atomic mass is 16.5. The summed E-state index contributed by atoms with van der Waals surface area (Å²) in [5.74, 6) is -0.0388. The molecule has 0 aromatic rings. The van der Waals surface area contributed by atoms with Gasteiger partial charge in [0.05, 0.1) is 0 Å². The van der Waals surface area contributed by atoms with Gasteiger partial charge in [0.25, 0.3) is 0 Å². The number of esters is 1. The molecule has 1 unspecified atom stereocenters. The van der Waals surface area contributed by atoms with E-state index in [1.165, 1.54) is 0 Å². The first-order valence-corrected chi connectivity index (χ1v) is 7.39. The van der Waals surface area contributed by atoms with Gasteiger partial charge in [-0.1, -0.05) is 6.08 Å². The van der Waals surface area contributed by atoms with Crippen LogP contribution in [0, 0.1) is 0 Å². The number of Topliss-reactive ketones (excluding diaryl/α,β-unsaturated/α-hetero) is 1. The van der Waals surface area contributed by atoms with Crippen LogP contribution in [0.3, 0.4) is 0 Å². The minimum absolute atomic E-state index is 0.134. The normalized spacial score (nSPS) is 11.9. The second-order valence-corrected chi connectivity index (χ2v) is 5.02. The van der Waals surface area contributed by atoms with E-state index in [0.29, 0.717) is 25.9 Å². The van der Waals surface area contributed by atoms with E-state index in [4.69, 9.17) is 9.47 Å². The minimum Gasteiger partial charge on any atom is -0.462 e. The molecule has 116 valence electrons. The number of hydrogen-bond acceptors (Lipinski definition) is 4. The van der Waals surface area contributed by atoms with Crippen LogP contribution in [-0.4, -0.2) is 31.6 Å². The van der Waals surface area contributed by atoms with Crippen molar-refractivity contribution in [3.63, 3.8) is 0 Å². The number of ketones is 1. The standard InChI is InChI=1S/C16H28O4/c1-4-5-6-9-15(12-11-14(2)17)20-16(18)10-7-8-13-19-3/h4,15H,1,5-13H2,2-3H3. The first-order chi connectivity index (χ1) is 9.60. The number of hydrogen-bond donors (Lipinski definition) is 0. The average Bonchev–Trinajstić information content (AvgIpc) is 2.41. The van der Waals surface area contributed by atoms with Gasteiger partial charge >= 0.3 is 5.97 Å². The van der Waals surface area contributed by atoms with Crippen LogP contribution >= 0.6 is 0 Å². The maximum Gasteiger partial charge on any atom is 0.306 e. The Hall–Kier alpha value is -1.16. The van der Waals surface area contributed by atoms with Crippen molar-refractivity contribution >= 4 is 11.8 Å². The van der Waals surface area contributed by atoms with Crippen LogP contribution in [0.15, 0.2) is 12.7 Å². The molecule has 0 aliphatic rings. The third-order valence-corrected chi connectivity index (χ3v) is 3.03. The largest absolute Gasteiger partial charge is 0.462 e. The van der Waals surface area contributed by atoms with Crippen LogP contribution in [0.1, 0.15) is 58.3 Å². The zero-order valence-corrected chi connectivity index (χ0v) is 12.9. The van der Waals surface area contributed by atoms with Crippen molar-refractivity contribution in [2.75, 3.05) is 13.7 Å². The van der Waals surface area contributed by atoms with E-state index in [-0.39, 0.29) is 17.9 Å². The molecule has 0 N–H and O–H groups in total. The number of carbonyl (C=O) groups is 2. The number of carbonyl (C=O) groups excluding carboxylic acids is 2. The fraction of sp³-hybridized carbons (Fsp3) is 0.750. The lowest BCUT2D eigenvalue weighted by Crippen LogP contribution is -2.19. The van der Waals surface area contributed by atoms with Crippen LogP contribution in [0.5, 0.6) is 0 Å². The Balaban J connectivity index is 4.00. The number of unbranched alkanes of at least 4 members (excludes halogenated alkanes) is 2. The molecule has 1 atom stereocenters. The summed E-state index contributed by atoms with van der Waals surface area (Å²) in [4.78, 5) is 22.8. The van der Waals surface area contributed by atoms with Crippen LogP contribution < -0.4 is 0 Å². The molecular formula is C16H28O4. The monoisotopic (exact) mass is 284 g/mol. The van der Waals surface area contributed by atoms with E-state index >= 15 is 0 Å². The van der Waals surface area contributed by atoms with Gasteiger partial charge in [0.15, 0.2) is 0 Å². The predicted molar refractivity (Wildman–Crippen MR) is 79.6 cm³/mol. The summed E-state index contributed by atoms with van der Waals surface area (Å²) in [6.45, 7) is 5.91. The highest BCUT2D eigenvalue weighted by molar-refractivity contribution is 5.75. The topological polar surface area (TPSA) is 52.6 Å². The van der Waals surface area contributed by atoms with Crippen LogP contribution in [-0.2, 0) is 19.1 Å². The van der Waals surface area contributed by atoms with Crippen molar-refractivity contribution in [1.82, 2.24) is 0 Å². The Labute approximate surface area is 122 Å². The molecule has 0 heterocycles. The highest BCUT2D eigenvalue weighted by Crippen LogP contribution is 2.13. The number of rotatable bonds is 13. The predicted octanol–water partition coefficient (Wildman–Crippen LogP) is 3.44. The molecule has 4 heteroatoms. The summed E-state index contributed by atoms with van der Waals surface area (Å²) in [7, 11) is 1.65. The van der Waals surface area contributed by atoms with Crippen molar-refractivity contribution in [2.24, 2.45) is 0 Å². The zero-order chi connectivity index (χ0) is 15.2. The van der Waals surface area contributed by atoms with Gasteiger partial charge in [-0.25, -0.2) is 0 Å². The Morgan fingerprint density at radius 3 is 2.50 bits per heavy atom. The van der Waals surface area contributed by atoms with Crippen molar-refractivity contribution in [3.8, 4) is 0 Å². The maximum atomic E-state index is 11.7. The van der Waals surface area contributed by atoms with Gasteiger partial charge < -0.3 is 14.3 Å². The molecule has 0 fully saturated rings. The third-order valence-electron chi connectivity index (χ3n) is 3.03. The zero-order valence-electron chi connectivity index (χ0n) is 12.9. The molecule has 0 rings (SSSR count). The second-order valence-electron chi connectivity index (χ2n) is 5.02. The fourth-order valence-electron chi connectivity index (χ4n) is 1.88. The van der Waals surface area contributed by atoms with Crippen LogP contribution in [0.25, 0.3) is 0 Å². The molecule has 0 aliphatic heterocycles. The summed E-state index contributed by atoms with van der Waals surface area (Å²) in [5.41, 5.74) is 0. The molecule has 4 nitrogen and oxygen atoms in total. The summed E-state index contributed by atoms with van der Waals surface area (Å²) in [6.07, 6.45) is 7.49. The molecule has 0 saturated heterocycles. The number of allylic oxidation sites excluding steroid dienone is 1. The lowest BCUT2D eigenvalue weighted by molar-refractivity contribution is -0.150. The SMILES string of the molecule is C=CCCCC(CCC(C)=O)OC(=O)CCCCOC. The summed E-state index contributed by atoms with van der Waals surface area (Å²) in [5, 5.41) is 0. The van der Waals surface area contributed by atoms with Gasteiger partial charge in [0.1, 0.15) is 11.9 Å². The van der Waals surface area contributed by atoms with Crippen LogP contribution in [0.2, 0.25) is 0 Å². The summed E-state index contributed by atoms with van der Waals surface area (Å²) in [6, 6.07) is 0. The van der Waals surface area contributed by atoms with Crippen molar-refractivity contribution in [3.05, 3.63) is 12.7 Å². The highest BCUT2D eigenvalue weighted by Gasteiger charge is 2.14. The van der Waals surface area contributed by atoms with E-state index < -0.39 is 0 Å². The number of methoxy groups -OCH3 is 1. The quantitative estimate of drug-likeness (QED) is 0.295. The molecular weight excluding hydrogens is 256 g/mol. The first-order valence-electron chi connectivity index (χ1n) is 7.39. The van der Waals surface area contributed by atoms with Gasteiger partial charge in [-0.3, -0.25) is 4.79 Å². The molecule has 0 amide bonds. The lowest BCUT2D eigenvalue weighted by Gasteiger charge is -2.17. The van der Waals surface area contributed by atoms with E-state index in [0.717, 1.165) is 32.1 Å². The van der Waals surface area contributed by atoms with E-state index in [2.05, 4.69) is 6.58 Å². The van der Waals surface area contributed by atoms with Gasteiger partial charge in [-0.15, -0.1) is 6.58 Å². The summed E-state index contributed by atoms with van der Waals surface area (Å²) >= 11 is 0. The molecule has 0 aromatic carbocycles. The maximum absolute atomic E-state index is 11.7. The molecule has 0 aliphatic carbocycles. The van der Waals surface area contributed by atoms with Crippen molar-refractivity contribution < 1.29 is 19.1 Å². The molecule has 0 bridgehead atoms. The van der Waals surface area contributed by atoms with Crippen molar-refractivity contribution in [1.29, 1.82) is 0 Å². The third kappa shape index (κ3) is 11.9. The molecule has 0 aromatic heterocycles. The minimum atomic E-state index is -0.173. The van der Waals surface area contributed by atoms with Gasteiger partial charge in [0.2, 0.25) is 0 Å². The lowest BCUT2D eigenvalue weighted by atomic mass is 10.1. The smallest absolute Gasteiger partial charge is 0.306 e. The fourth-order valence-corrected chi connectivity index (χ4v) is 1.88. The van der Waals surface area contributed by atoms with Gasteiger partial charge in [-0.2, -0.15) is 0 Å². The van der Waals surface area contributed by atoms with Gasteiger partial charge in [0, 0.05) is 26.6 Å². The second kappa shape index (κ2) is 12.9. The Kier molecular flexibility index (Phi) is 12.1. The van der Waals surface area contributed by atoms with E-state index in [1.54, 1.807) is 14.0 Å². The van der Waals surface area contributed by atoms with Gasteiger partial charge in [-0.05, 0) is 45.4 Å². The van der Waals surface area contributed by atoms with E-state index in [1.807, 2.05) is 6.08 Å². The Bertz CT molecular complexity index is 286. The molecule has 0 spiro atoms. The molecule has 0 saturated carbocycles.